The van der Waals surface area contributed by atoms with Crippen molar-refractivity contribution in [2.75, 3.05) is 0 Å². The Hall–Kier alpha value is -0.195. The van der Waals surface area contributed by atoms with Gasteiger partial charge in [-0.05, 0) is 46.4 Å². The average Bonchev–Trinajstić information content (AvgIpc) is 2.14. The molecule has 0 aromatic carbocycles. The van der Waals surface area contributed by atoms with Gasteiger partial charge in [-0.3, -0.25) is 0 Å². The molecule has 1 saturated carbocycles. The molecule has 0 aromatic rings. The van der Waals surface area contributed by atoms with Crippen LogP contribution in [0.4, 0.5) is 8.78 Å². The van der Waals surface area contributed by atoms with Crippen molar-refractivity contribution in [3.8, 4) is 0 Å². The summed E-state index contributed by atoms with van der Waals surface area (Å²) in [5.41, 5.74) is -2.06. The highest BCUT2D eigenvalue weighted by molar-refractivity contribution is 6.45. The molecule has 0 unspecified atom stereocenters. The number of hydrogen-bond acceptors (Lipinski definition) is 3. The number of alkyl halides is 2. The summed E-state index contributed by atoms with van der Waals surface area (Å²) < 4.78 is 31.5. The highest BCUT2D eigenvalue weighted by Crippen LogP contribution is 2.41. The third kappa shape index (κ3) is 3.90. The van der Waals surface area contributed by atoms with Gasteiger partial charge in [-0.25, -0.2) is 8.78 Å². The molecule has 2 N–H and O–H groups in total. The SMILES string of the molecule is CC(C)(O)C(C)(C)OB(O)C1CCC(F)(F)CC1. The van der Waals surface area contributed by atoms with E-state index < -0.39 is 24.2 Å². The Bertz CT molecular complexity index is 280. The molecule has 106 valence electrons. The van der Waals surface area contributed by atoms with E-state index in [1.807, 2.05) is 0 Å². The lowest BCUT2D eigenvalue weighted by molar-refractivity contribution is -0.103. The molecule has 1 rings (SSSR count). The maximum Gasteiger partial charge on any atom is 0.457 e. The zero-order valence-corrected chi connectivity index (χ0v) is 11.5. The summed E-state index contributed by atoms with van der Waals surface area (Å²) in [4.78, 5) is 0. The summed E-state index contributed by atoms with van der Waals surface area (Å²) in [6, 6.07) is 0. The molecule has 6 heteroatoms. The molecule has 1 aliphatic carbocycles. The topological polar surface area (TPSA) is 49.7 Å². The number of hydrogen-bond donors (Lipinski definition) is 2. The second-order valence-electron chi connectivity index (χ2n) is 6.27. The first-order valence-corrected chi connectivity index (χ1v) is 6.41. The van der Waals surface area contributed by atoms with Crippen LogP contribution in [0, 0.1) is 0 Å². The van der Waals surface area contributed by atoms with Crippen molar-refractivity contribution in [2.45, 2.75) is 76.3 Å². The van der Waals surface area contributed by atoms with E-state index >= 15 is 0 Å². The fourth-order valence-electron chi connectivity index (χ4n) is 1.89. The lowest BCUT2D eigenvalue weighted by Gasteiger charge is -2.40. The summed E-state index contributed by atoms with van der Waals surface area (Å²) in [5, 5.41) is 19.9. The van der Waals surface area contributed by atoms with E-state index in [0.717, 1.165) is 0 Å². The average molecular weight is 264 g/mol. The second-order valence-corrected chi connectivity index (χ2v) is 6.27. The van der Waals surface area contributed by atoms with Crippen molar-refractivity contribution < 1.29 is 23.6 Å². The minimum Gasteiger partial charge on any atom is -0.427 e. The molecule has 3 nitrogen and oxygen atoms in total. The zero-order chi connectivity index (χ0) is 14.2. The molecule has 1 fully saturated rings. The van der Waals surface area contributed by atoms with Crippen molar-refractivity contribution in [1.82, 2.24) is 0 Å². The molecular weight excluding hydrogens is 241 g/mol. The summed E-state index contributed by atoms with van der Waals surface area (Å²) in [7, 11) is -1.11. The van der Waals surface area contributed by atoms with Crippen molar-refractivity contribution in [1.29, 1.82) is 0 Å². The Labute approximate surface area is 108 Å². The maximum absolute atomic E-state index is 13.0. The summed E-state index contributed by atoms with van der Waals surface area (Å²) >= 11 is 0. The Morgan fingerprint density at radius 2 is 1.61 bits per heavy atom. The molecule has 0 aliphatic heterocycles. The zero-order valence-electron chi connectivity index (χ0n) is 11.5. The third-order valence-electron chi connectivity index (χ3n) is 4.05. The van der Waals surface area contributed by atoms with Crippen LogP contribution in [0.5, 0.6) is 0 Å². The Morgan fingerprint density at radius 1 is 1.17 bits per heavy atom. The Kier molecular flexibility index (Phi) is 4.46. The molecule has 1 aliphatic rings. The molecule has 0 heterocycles. The van der Waals surface area contributed by atoms with E-state index in [1.165, 1.54) is 0 Å². The van der Waals surface area contributed by atoms with Crippen LogP contribution in [0.25, 0.3) is 0 Å². The predicted molar refractivity (Wildman–Crippen MR) is 66.6 cm³/mol. The van der Waals surface area contributed by atoms with Crippen molar-refractivity contribution >= 4 is 7.12 Å². The maximum atomic E-state index is 13.0. The van der Waals surface area contributed by atoms with Gasteiger partial charge >= 0.3 is 7.12 Å². The minimum atomic E-state index is -2.61. The van der Waals surface area contributed by atoms with Gasteiger partial charge in [0.05, 0.1) is 11.2 Å². The van der Waals surface area contributed by atoms with E-state index in [4.69, 9.17) is 4.65 Å². The van der Waals surface area contributed by atoms with Crippen LogP contribution < -0.4 is 0 Å². The standard InChI is InChI=1S/C12H23BF2O3/c1-10(2,16)11(3,4)18-13(17)9-5-7-12(14,15)8-6-9/h9,16-17H,5-8H2,1-4H3. The molecule has 0 spiro atoms. The normalized spacial score (nSPS) is 22.0. The first-order valence-electron chi connectivity index (χ1n) is 6.41. The quantitative estimate of drug-likeness (QED) is 0.767. The fourth-order valence-corrected chi connectivity index (χ4v) is 1.89. The van der Waals surface area contributed by atoms with Gasteiger partial charge in [0.25, 0.3) is 0 Å². The predicted octanol–water partition coefficient (Wildman–Crippen LogP) is 2.61. The summed E-state index contributed by atoms with van der Waals surface area (Å²) in [5.74, 6) is -2.90. The van der Waals surface area contributed by atoms with E-state index in [0.29, 0.717) is 0 Å². The van der Waals surface area contributed by atoms with Crippen LogP contribution in [0.2, 0.25) is 5.82 Å². The smallest absolute Gasteiger partial charge is 0.427 e. The molecule has 0 aromatic heterocycles. The molecule has 0 radical (unpaired) electrons. The largest absolute Gasteiger partial charge is 0.457 e. The third-order valence-corrected chi connectivity index (χ3v) is 4.05. The second kappa shape index (κ2) is 5.06. The summed E-state index contributed by atoms with van der Waals surface area (Å²) in [6.07, 6.45) is 0.0777. The highest BCUT2D eigenvalue weighted by Gasteiger charge is 2.44. The van der Waals surface area contributed by atoms with Crippen molar-refractivity contribution in [2.24, 2.45) is 0 Å². The number of aliphatic hydroxyl groups is 1. The van der Waals surface area contributed by atoms with Crippen molar-refractivity contribution in [3.05, 3.63) is 0 Å². The van der Waals surface area contributed by atoms with E-state index in [9.17, 15) is 18.9 Å². The van der Waals surface area contributed by atoms with Gasteiger partial charge in [0, 0.05) is 12.8 Å². The van der Waals surface area contributed by atoms with Gasteiger partial charge in [0.15, 0.2) is 0 Å². The van der Waals surface area contributed by atoms with Gasteiger partial charge in [-0.2, -0.15) is 0 Å². The molecule has 0 amide bonds. The van der Waals surface area contributed by atoms with Gasteiger partial charge in [0.2, 0.25) is 5.92 Å². The van der Waals surface area contributed by atoms with Crippen LogP contribution in [-0.2, 0) is 4.65 Å². The van der Waals surface area contributed by atoms with E-state index in [-0.39, 0.29) is 31.5 Å². The first-order chi connectivity index (χ1) is 7.95. The molecule has 0 atom stereocenters. The minimum absolute atomic E-state index is 0.207. The van der Waals surface area contributed by atoms with Gasteiger partial charge in [-0.15, -0.1) is 0 Å². The molecule has 0 saturated heterocycles. The van der Waals surface area contributed by atoms with Crippen LogP contribution >= 0.6 is 0 Å². The van der Waals surface area contributed by atoms with Crippen LogP contribution in [0.3, 0.4) is 0 Å². The van der Waals surface area contributed by atoms with Crippen LogP contribution in [-0.4, -0.2) is 34.4 Å². The van der Waals surface area contributed by atoms with Gasteiger partial charge in [0.1, 0.15) is 0 Å². The monoisotopic (exact) mass is 264 g/mol. The summed E-state index contributed by atoms with van der Waals surface area (Å²) in [6.45, 7) is 6.53. The van der Waals surface area contributed by atoms with E-state index in [2.05, 4.69) is 0 Å². The Morgan fingerprint density at radius 3 is 2.00 bits per heavy atom. The molecule has 18 heavy (non-hydrogen) atoms. The lowest BCUT2D eigenvalue weighted by Crippen LogP contribution is -2.51. The van der Waals surface area contributed by atoms with Crippen LogP contribution in [0.15, 0.2) is 0 Å². The lowest BCUT2D eigenvalue weighted by atomic mass is 9.63. The number of halogens is 2. The van der Waals surface area contributed by atoms with Gasteiger partial charge in [-0.1, -0.05) is 0 Å². The van der Waals surface area contributed by atoms with E-state index in [1.54, 1.807) is 27.7 Å². The highest BCUT2D eigenvalue weighted by atomic mass is 19.3. The molecular formula is C12H23BF2O3. The van der Waals surface area contributed by atoms with Gasteiger partial charge < -0.3 is 14.8 Å². The van der Waals surface area contributed by atoms with Crippen LogP contribution in [0.1, 0.15) is 53.4 Å². The Balaban J connectivity index is 2.54. The first kappa shape index (κ1) is 15.9. The molecule has 0 bridgehead atoms. The number of rotatable bonds is 4. The fraction of sp³-hybridized carbons (Fsp3) is 1.00. The van der Waals surface area contributed by atoms with Crippen molar-refractivity contribution in [3.63, 3.8) is 0 Å².